The van der Waals surface area contributed by atoms with Gasteiger partial charge in [-0.3, -0.25) is 9.69 Å². The lowest BCUT2D eigenvalue weighted by Crippen LogP contribution is -2.61. The summed E-state index contributed by atoms with van der Waals surface area (Å²) in [5.74, 6) is 0.700. The van der Waals surface area contributed by atoms with Gasteiger partial charge in [0, 0.05) is 18.0 Å². The second kappa shape index (κ2) is 8.92. The molecule has 2 fully saturated rings. The maximum absolute atomic E-state index is 14.1. The number of nitrogens with zero attached hydrogens (tertiary/aromatic N) is 2. The van der Waals surface area contributed by atoms with Crippen LogP contribution in [0.15, 0.2) is 60.2 Å². The van der Waals surface area contributed by atoms with Gasteiger partial charge in [0.1, 0.15) is 0 Å². The molecule has 1 heterocycles. The molecule has 2 aromatic carbocycles. The van der Waals surface area contributed by atoms with E-state index >= 15 is 0 Å². The first-order valence-electron chi connectivity index (χ1n) is 13.9. The minimum absolute atomic E-state index is 0.0374. The normalized spacial score (nSPS) is 28.9. The van der Waals surface area contributed by atoms with Gasteiger partial charge in [-0.1, -0.05) is 73.9 Å². The summed E-state index contributed by atoms with van der Waals surface area (Å²) in [5.41, 5.74) is 7.41. The Labute approximate surface area is 211 Å². The molecule has 3 nitrogen and oxygen atoms in total. The van der Waals surface area contributed by atoms with Gasteiger partial charge in [-0.05, 0) is 93.3 Å². The van der Waals surface area contributed by atoms with Crippen molar-refractivity contribution in [3.63, 3.8) is 0 Å². The van der Waals surface area contributed by atoms with Crippen molar-refractivity contribution in [1.29, 1.82) is 0 Å². The smallest absolute Gasteiger partial charge is 0.226 e. The fourth-order valence-electron chi connectivity index (χ4n) is 8.04. The largest absolute Gasteiger partial charge is 0.333 e. The van der Waals surface area contributed by atoms with E-state index in [1.807, 2.05) is 0 Å². The Morgan fingerprint density at radius 1 is 0.886 bits per heavy atom. The fraction of sp³-hybridized carbons (Fsp3) is 0.531. The van der Waals surface area contributed by atoms with Crippen molar-refractivity contribution in [2.45, 2.75) is 81.7 Å². The molecule has 0 saturated heterocycles. The van der Waals surface area contributed by atoms with Crippen molar-refractivity contribution in [3.05, 3.63) is 76.9 Å². The number of hydrogen-bond acceptors (Lipinski definition) is 2. The average Bonchev–Trinajstić information content (AvgIpc) is 3.30. The Morgan fingerprint density at radius 3 is 2.29 bits per heavy atom. The van der Waals surface area contributed by atoms with E-state index < -0.39 is 0 Å². The summed E-state index contributed by atoms with van der Waals surface area (Å²) in [6.07, 6.45) is 12.2. The molecule has 3 aliphatic carbocycles. The third-order valence-electron chi connectivity index (χ3n) is 10.0. The van der Waals surface area contributed by atoms with E-state index in [-0.39, 0.29) is 17.0 Å². The number of fused-ring (bicyclic) bond motifs is 3. The van der Waals surface area contributed by atoms with Crippen LogP contribution in [0.25, 0.3) is 5.57 Å². The van der Waals surface area contributed by atoms with Crippen molar-refractivity contribution in [1.82, 2.24) is 9.80 Å². The highest BCUT2D eigenvalue weighted by molar-refractivity contribution is 5.85. The number of carbonyl (C=O) groups is 1. The number of hydrogen-bond donors (Lipinski definition) is 0. The summed E-state index contributed by atoms with van der Waals surface area (Å²) in [7, 11) is 4.49. The zero-order chi connectivity index (χ0) is 24.0. The van der Waals surface area contributed by atoms with E-state index in [0.717, 1.165) is 57.9 Å². The lowest BCUT2D eigenvalue weighted by molar-refractivity contribution is -0.145. The Balaban J connectivity index is 1.40. The molecule has 0 N–H and O–H groups in total. The molecule has 0 aromatic heterocycles. The van der Waals surface area contributed by atoms with Crippen molar-refractivity contribution < 1.29 is 4.79 Å². The van der Waals surface area contributed by atoms with Crippen LogP contribution >= 0.6 is 0 Å². The molecule has 1 aliphatic heterocycles. The van der Waals surface area contributed by atoms with Gasteiger partial charge in [-0.15, -0.1) is 0 Å². The molecule has 2 aromatic rings. The third kappa shape index (κ3) is 3.61. The van der Waals surface area contributed by atoms with Gasteiger partial charge in [0.25, 0.3) is 0 Å². The van der Waals surface area contributed by atoms with Crippen molar-refractivity contribution in [3.8, 4) is 0 Å². The molecule has 0 bridgehead atoms. The van der Waals surface area contributed by atoms with Crippen LogP contribution in [0.3, 0.4) is 0 Å². The summed E-state index contributed by atoms with van der Waals surface area (Å²) >= 11 is 0. The Hall–Kier alpha value is -2.39. The maximum atomic E-state index is 14.1. The molecule has 1 spiro atoms. The SMILES string of the molecule is CN(C)C1(c2ccccc2)CCC2(CC1)C1=C(CCN2C(=O)C2CCCCC2)c2ccccc2C1. The van der Waals surface area contributed by atoms with Gasteiger partial charge in [0.2, 0.25) is 5.91 Å². The summed E-state index contributed by atoms with van der Waals surface area (Å²) in [6, 6.07) is 20.1. The van der Waals surface area contributed by atoms with Crippen LogP contribution in [0.5, 0.6) is 0 Å². The third-order valence-corrected chi connectivity index (χ3v) is 10.0. The van der Waals surface area contributed by atoms with Gasteiger partial charge in [-0.25, -0.2) is 0 Å². The minimum Gasteiger partial charge on any atom is -0.333 e. The predicted octanol–water partition coefficient (Wildman–Crippen LogP) is 6.58. The van der Waals surface area contributed by atoms with E-state index in [9.17, 15) is 4.79 Å². The molecule has 184 valence electrons. The highest BCUT2D eigenvalue weighted by Gasteiger charge is 2.54. The summed E-state index contributed by atoms with van der Waals surface area (Å²) in [4.78, 5) is 19.0. The summed E-state index contributed by atoms with van der Waals surface area (Å²) < 4.78 is 0. The Bertz CT molecular complexity index is 1120. The average molecular weight is 469 g/mol. The molecular weight excluding hydrogens is 428 g/mol. The van der Waals surface area contributed by atoms with E-state index in [4.69, 9.17) is 0 Å². The first kappa shape index (κ1) is 23.0. The summed E-state index contributed by atoms with van der Waals surface area (Å²) in [5, 5.41) is 0. The topological polar surface area (TPSA) is 23.6 Å². The lowest BCUT2D eigenvalue weighted by atomic mass is 9.63. The summed E-state index contributed by atoms with van der Waals surface area (Å²) in [6.45, 7) is 0.892. The first-order valence-corrected chi connectivity index (χ1v) is 13.9. The molecule has 6 rings (SSSR count). The lowest BCUT2D eigenvalue weighted by Gasteiger charge is -2.57. The molecular formula is C32H40N2O. The molecule has 3 heteroatoms. The maximum Gasteiger partial charge on any atom is 0.226 e. The van der Waals surface area contributed by atoms with Crippen LogP contribution in [-0.4, -0.2) is 41.9 Å². The van der Waals surface area contributed by atoms with Crippen LogP contribution < -0.4 is 0 Å². The second-order valence-electron chi connectivity index (χ2n) is 11.7. The van der Waals surface area contributed by atoms with Crippen molar-refractivity contribution in [2.24, 2.45) is 5.92 Å². The second-order valence-corrected chi connectivity index (χ2v) is 11.7. The standard InChI is InChI=1S/C32H40N2O/c1-33(2)31(26-14-7-4-8-15-26)18-20-32(21-19-31)29-23-25-13-9-10-16-27(25)28(29)17-22-34(32)30(35)24-11-5-3-6-12-24/h4,7-10,13-16,24H,3,5-6,11-12,17-23H2,1-2H3. The molecule has 0 unspecified atom stereocenters. The van der Waals surface area contributed by atoms with Crippen molar-refractivity contribution >= 4 is 11.5 Å². The molecule has 2 saturated carbocycles. The first-order chi connectivity index (χ1) is 17.1. The van der Waals surface area contributed by atoms with E-state index in [0.29, 0.717) is 5.91 Å². The molecule has 35 heavy (non-hydrogen) atoms. The predicted molar refractivity (Wildman–Crippen MR) is 143 cm³/mol. The highest BCUT2D eigenvalue weighted by atomic mass is 16.2. The van der Waals surface area contributed by atoms with Crippen LogP contribution in [-0.2, 0) is 16.8 Å². The number of rotatable bonds is 3. The van der Waals surface area contributed by atoms with Gasteiger partial charge in [0.05, 0.1) is 5.54 Å². The minimum atomic E-state index is -0.116. The highest BCUT2D eigenvalue weighted by Crippen LogP contribution is 2.55. The zero-order valence-electron chi connectivity index (χ0n) is 21.6. The van der Waals surface area contributed by atoms with Crippen LogP contribution in [0.4, 0.5) is 0 Å². The zero-order valence-corrected chi connectivity index (χ0v) is 21.6. The van der Waals surface area contributed by atoms with E-state index in [2.05, 4.69) is 78.5 Å². The number of amides is 1. The van der Waals surface area contributed by atoms with Gasteiger partial charge < -0.3 is 4.90 Å². The van der Waals surface area contributed by atoms with E-state index in [1.54, 1.807) is 11.1 Å². The van der Waals surface area contributed by atoms with Gasteiger partial charge in [-0.2, -0.15) is 0 Å². The molecule has 0 atom stereocenters. The van der Waals surface area contributed by atoms with Gasteiger partial charge >= 0.3 is 0 Å². The Morgan fingerprint density at radius 2 is 1.57 bits per heavy atom. The van der Waals surface area contributed by atoms with Crippen molar-refractivity contribution in [2.75, 3.05) is 20.6 Å². The molecule has 0 radical (unpaired) electrons. The Kier molecular flexibility index (Phi) is 5.87. The van der Waals surface area contributed by atoms with Crippen LogP contribution in [0.2, 0.25) is 0 Å². The molecule has 1 amide bonds. The fourth-order valence-corrected chi connectivity index (χ4v) is 8.04. The van der Waals surface area contributed by atoms with E-state index in [1.165, 1.54) is 36.0 Å². The van der Waals surface area contributed by atoms with Gasteiger partial charge in [0.15, 0.2) is 0 Å². The monoisotopic (exact) mass is 468 g/mol. The quantitative estimate of drug-likeness (QED) is 0.508. The number of benzene rings is 2. The van der Waals surface area contributed by atoms with Crippen LogP contribution in [0.1, 0.15) is 80.9 Å². The molecule has 4 aliphatic rings. The number of carbonyl (C=O) groups excluding carboxylic acids is 1. The van der Waals surface area contributed by atoms with Crippen LogP contribution in [0, 0.1) is 5.92 Å².